The minimum Gasteiger partial charge on any atom is -0.354 e. The van der Waals surface area contributed by atoms with Gasteiger partial charge in [-0.1, -0.05) is 25.7 Å². The second-order valence-corrected chi connectivity index (χ2v) is 10.8. The van der Waals surface area contributed by atoms with Crippen molar-refractivity contribution in [2.75, 3.05) is 33.7 Å². The van der Waals surface area contributed by atoms with E-state index in [9.17, 15) is 17.6 Å². The van der Waals surface area contributed by atoms with Crippen molar-refractivity contribution < 1.29 is 17.6 Å². The van der Waals surface area contributed by atoms with Crippen LogP contribution in [0.1, 0.15) is 51.4 Å². The first-order valence-corrected chi connectivity index (χ1v) is 12.4. The van der Waals surface area contributed by atoms with Gasteiger partial charge in [-0.25, -0.2) is 12.8 Å². The maximum atomic E-state index is 13.2. The van der Waals surface area contributed by atoms with Crippen molar-refractivity contribution in [1.29, 1.82) is 0 Å². The number of rotatable bonds is 6. The standard InChI is InChI=1S/C22H34FN3O3S/c1-25(2)22(13-5-3-4-6-14-22)17-24-21(27)18-8-7-15-26(16-18)30(28,29)20-11-9-19(23)10-12-20/h9-12,18H,3-8,13-17H2,1-2H3,(H,24,27). The zero-order chi connectivity index (χ0) is 21.8. The number of hydrogen-bond donors (Lipinski definition) is 1. The van der Waals surface area contributed by atoms with Crippen molar-refractivity contribution in [2.24, 2.45) is 5.92 Å². The van der Waals surface area contributed by atoms with Crippen LogP contribution in [0.5, 0.6) is 0 Å². The highest BCUT2D eigenvalue weighted by atomic mass is 32.2. The van der Waals surface area contributed by atoms with Crippen LogP contribution in [0.2, 0.25) is 0 Å². The lowest BCUT2D eigenvalue weighted by molar-refractivity contribution is -0.126. The lowest BCUT2D eigenvalue weighted by atomic mass is 9.88. The smallest absolute Gasteiger partial charge is 0.243 e. The summed E-state index contributed by atoms with van der Waals surface area (Å²) < 4.78 is 40.4. The number of sulfonamides is 1. The van der Waals surface area contributed by atoms with Crippen LogP contribution in [0.15, 0.2) is 29.2 Å². The summed E-state index contributed by atoms with van der Waals surface area (Å²) in [5.74, 6) is -0.906. The van der Waals surface area contributed by atoms with Gasteiger partial charge in [-0.3, -0.25) is 4.79 Å². The third-order valence-corrected chi connectivity index (χ3v) is 8.66. The molecule has 8 heteroatoms. The molecule has 1 heterocycles. The summed E-state index contributed by atoms with van der Waals surface area (Å²) in [6.45, 7) is 1.14. The molecule has 1 aliphatic heterocycles. The van der Waals surface area contributed by atoms with Gasteiger partial charge in [0.05, 0.1) is 10.8 Å². The molecular weight excluding hydrogens is 405 g/mol. The van der Waals surface area contributed by atoms with Crippen LogP contribution in [-0.4, -0.2) is 62.8 Å². The number of hydrogen-bond acceptors (Lipinski definition) is 4. The van der Waals surface area contributed by atoms with E-state index < -0.39 is 15.8 Å². The van der Waals surface area contributed by atoms with E-state index in [-0.39, 0.29) is 28.8 Å². The Balaban J connectivity index is 1.64. The van der Waals surface area contributed by atoms with Gasteiger partial charge in [-0.05, 0) is 64.0 Å². The molecule has 2 fully saturated rings. The predicted molar refractivity (Wildman–Crippen MR) is 115 cm³/mol. The third-order valence-electron chi connectivity index (χ3n) is 6.78. The predicted octanol–water partition coefficient (Wildman–Crippen LogP) is 3.00. The second kappa shape index (κ2) is 9.75. The number of carbonyl (C=O) groups is 1. The Morgan fingerprint density at radius 3 is 2.37 bits per heavy atom. The summed E-state index contributed by atoms with van der Waals surface area (Å²) in [5.41, 5.74) is -0.0271. The van der Waals surface area contributed by atoms with Crippen molar-refractivity contribution in [1.82, 2.24) is 14.5 Å². The molecule has 3 rings (SSSR count). The number of nitrogens with zero attached hydrogens (tertiary/aromatic N) is 2. The number of carbonyl (C=O) groups excluding carboxylic acids is 1. The molecular formula is C22H34FN3O3S. The van der Waals surface area contributed by atoms with E-state index in [0.717, 1.165) is 25.0 Å². The van der Waals surface area contributed by atoms with Crippen LogP contribution >= 0.6 is 0 Å². The zero-order valence-corrected chi connectivity index (χ0v) is 18.9. The monoisotopic (exact) mass is 439 g/mol. The van der Waals surface area contributed by atoms with E-state index in [0.29, 0.717) is 25.9 Å². The van der Waals surface area contributed by atoms with Gasteiger partial charge in [0.15, 0.2) is 0 Å². The highest BCUT2D eigenvalue weighted by molar-refractivity contribution is 7.89. The summed E-state index contributed by atoms with van der Waals surface area (Å²) >= 11 is 0. The second-order valence-electron chi connectivity index (χ2n) is 8.91. The molecule has 0 aromatic heterocycles. The fraction of sp³-hybridized carbons (Fsp3) is 0.682. The Morgan fingerprint density at radius 2 is 1.77 bits per heavy atom. The van der Waals surface area contributed by atoms with E-state index in [4.69, 9.17) is 0 Å². The molecule has 1 amide bonds. The molecule has 0 spiro atoms. The summed E-state index contributed by atoms with van der Waals surface area (Å²) in [6.07, 6.45) is 8.26. The quantitative estimate of drug-likeness (QED) is 0.692. The van der Waals surface area contributed by atoms with Crippen molar-refractivity contribution in [2.45, 2.75) is 61.8 Å². The molecule has 1 aromatic rings. The van der Waals surface area contributed by atoms with Crippen LogP contribution in [0.4, 0.5) is 4.39 Å². The van der Waals surface area contributed by atoms with Crippen LogP contribution in [0, 0.1) is 11.7 Å². The highest BCUT2D eigenvalue weighted by Crippen LogP contribution is 2.31. The van der Waals surface area contributed by atoms with Crippen LogP contribution < -0.4 is 5.32 Å². The van der Waals surface area contributed by atoms with Gasteiger partial charge >= 0.3 is 0 Å². The van der Waals surface area contributed by atoms with Gasteiger partial charge in [-0.15, -0.1) is 0 Å². The van der Waals surface area contributed by atoms with Crippen LogP contribution in [0.25, 0.3) is 0 Å². The highest BCUT2D eigenvalue weighted by Gasteiger charge is 2.36. The van der Waals surface area contributed by atoms with Crippen molar-refractivity contribution in [3.05, 3.63) is 30.1 Å². The van der Waals surface area contributed by atoms with E-state index in [1.165, 1.54) is 42.1 Å². The fourth-order valence-corrected chi connectivity index (χ4v) is 6.22. The van der Waals surface area contributed by atoms with Crippen molar-refractivity contribution in [3.63, 3.8) is 0 Å². The van der Waals surface area contributed by atoms with Crippen LogP contribution in [-0.2, 0) is 14.8 Å². The van der Waals surface area contributed by atoms with Crippen molar-refractivity contribution >= 4 is 15.9 Å². The Morgan fingerprint density at radius 1 is 1.13 bits per heavy atom. The Bertz CT molecular complexity index is 819. The number of nitrogens with one attached hydrogen (secondary N) is 1. The maximum Gasteiger partial charge on any atom is 0.243 e. The molecule has 1 unspecified atom stereocenters. The van der Waals surface area contributed by atoms with Crippen LogP contribution in [0.3, 0.4) is 0 Å². The number of piperidine rings is 1. The topological polar surface area (TPSA) is 69.7 Å². The molecule has 2 aliphatic rings. The van der Waals surface area contributed by atoms with Gasteiger partial charge in [0.2, 0.25) is 15.9 Å². The normalized spacial score (nSPS) is 23.1. The number of halogens is 1. The Kier molecular flexibility index (Phi) is 7.52. The largest absolute Gasteiger partial charge is 0.354 e. The van der Waals surface area contributed by atoms with Gasteiger partial charge in [-0.2, -0.15) is 4.31 Å². The number of benzene rings is 1. The third kappa shape index (κ3) is 5.21. The lowest BCUT2D eigenvalue weighted by Crippen LogP contribution is -2.54. The minimum absolute atomic E-state index is 0.0271. The number of likely N-dealkylation sites (N-methyl/N-ethyl adjacent to an activating group) is 1. The summed E-state index contributed by atoms with van der Waals surface area (Å²) in [4.78, 5) is 15.3. The average molecular weight is 440 g/mol. The minimum atomic E-state index is -3.73. The van der Waals surface area contributed by atoms with Gasteiger partial charge in [0.1, 0.15) is 5.82 Å². The summed E-state index contributed by atoms with van der Waals surface area (Å²) in [7, 11) is 0.424. The fourth-order valence-electron chi connectivity index (χ4n) is 4.70. The molecule has 1 aliphatic carbocycles. The molecule has 1 saturated heterocycles. The molecule has 1 N–H and O–H groups in total. The SMILES string of the molecule is CN(C)C1(CNC(=O)C2CCCN(S(=O)(=O)c3ccc(F)cc3)C2)CCCCCC1. The molecule has 1 atom stereocenters. The maximum absolute atomic E-state index is 13.2. The molecule has 0 radical (unpaired) electrons. The first kappa shape index (κ1) is 23.2. The van der Waals surface area contributed by atoms with Gasteiger partial charge in [0.25, 0.3) is 0 Å². The Labute approximate surface area is 179 Å². The van der Waals surface area contributed by atoms with E-state index in [2.05, 4.69) is 24.3 Å². The number of amides is 1. The van der Waals surface area contributed by atoms with Gasteiger partial charge < -0.3 is 10.2 Å². The molecule has 6 nitrogen and oxygen atoms in total. The Hall–Kier alpha value is -1.51. The van der Waals surface area contributed by atoms with E-state index in [1.807, 2.05) is 0 Å². The molecule has 168 valence electrons. The average Bonchev–Trinajstić information content (AvgIpc) is 2.99. The van der Waals surface area contributed by atoms with Gasteiger partial charge in [0, 0.05) is 25.2 Å². The molecule has 1 aromatic carbocycles. The zero-order valence-electron chi connectivity index (χ0n) is 18.1. The first-order chi connectivity index (χ1) is 14.2. The van der Waals surface area contributed by atoms with Crippen molar-refractivity contribution in [3.8, 4) is 0 Å². The van der Waals surface area contributed by atoms with E-state index in [1.54, 1.807) is 0 Å². The molecule has 30 heavy (non-hydrogen) atoms. The molecule has 0 bridgehead atoms. The summed E-state index contributed by atoms with van der Waals surface area (Å²) in [6, 6.07) is 4.85. The summed E-state index contributed by atoms with van der Waals surface area (Å²) in [5, 5.41) is 3.14. The molecule has 1 saturated carbocycles. The van der Waals surface area contributed by atoms with E-state index >= 15 is 0 Å². The lowest BCUT2D eigenvalue weighted by Gasteiger charge is -2.40. The first-order valence-electron chi connectivity index (χ1n) is 11.0.